The maximum absolute atomic E-state index is 12.6. The van der Waals surface area contributed by atoms with Gasteiger partial charge < -0.3 is 9.84 Å². The number of carbonyl (C=O) groups is 1. The summed E-state index contributed by atoms with van der Waals surface area (Å²) in [5.74, 6) is 0.746. The molecule has 0 spiro atoms. The van der Waals surface area contributed by atoms with Crippen molar-refractivity contribution in [1.82, 2.24) is 25.0 Å². The lowest BCUT2D eigenvalue weighted by Gasteiger charge is -2.08. The van der Waals surface area contributed by atoms with Gasteiger partial charge in [-0.05, 0) is 36.6 Å². The maximum atomic E-state index is 12.6. The fourth-order valence-corrected chi connectivity index (χ4v) is 3.64. The molecule has 30 heavy (non-hydrogen) atoms. The van der Waals surface area contributed by atoms with Gasteiger partial charge in [0.05, 0.1) is 0 Å². The number of hydrogen-bond acceptors (Lipinski definition) is 6. The number of imidazole rings is 1. The minimum Gasteiger partial charge on any atom is -0.352 e. The Kier molecular flexibility index (Phi) is 6.15. The SMILES string of the molecule is CSc1nccn1-c1cccc(C(=O)NCCc2nc(-c3cccc(Cl)c3)no2)c1. The van der Waals surface area contributed by atoms with Crippen molar-refractivity contribution in [3.63, 3.8) is 0 Å². The number of hydrogen-bond donors (Lipinski definition) is 1. The van der Waals surface area contributed by atoms with E-state index in [2.05, 4.69) is 20.4 Å². The predicted molar refractivity (Wildman–Crippen MR) is 116 cm³/mol. The lowest BCUT2D eigenvalue weighted by atomic mass is 10.2. The molecule has 0 radical (unpaired) electrons. The van der Waals surface area contributed by atoms with Crippen LogP contribution in [0.15, 0.2) is 70.6 Å². The minimum atomic E-state index is -0.169. The summed E-state index contributed by atoms with van der Waals surface area (Å²) in [6.07, 6.45) is 6.00. The Morgan fingerprint density at radius 2 is 2.10 bits per heavy atom. The van der Waals surface area contributed by atoms with E-state index in [1.54, 1.807) is 36.2 Å². The molecule has 2 aromatic carbocycles. The number of halogens is 1. The van der Waals surface area contributed by atoms with Crippen molar-refractivity contribution in [2.24, 2.45) is 0 Å². The van der Waals surface area contributed by atoms with Gasteiger partial charge in [-0.25, -0.2) is 4.98 Å². The first-order valence-corrected chi connectivity index (χ1v) is 10.8. The van der Waals surface area contributed by atoms with Crippen LogP contribution in [0.25, 0.3) is 17.1 Å². The van der Waals surface area contributed by atoms with Gasteiger partial charge in [-0.2, -0.15) is 4.98 Å². The zero-order valence-corrected chi connectivity index (χ0v) is 17.7. The lowest BCUT2D eigenvalue weighted by Crippen LogP contribution is -2.25. The zero-order valence-electron chi connectivity index (χ0n) is 16.1. The highest BCUT2D eigenvalue weighted by molar-refractivity contribution is 7.98. The average molecular weight is 440 g/mol. The quantitative estimate of drug-likeness (QED) is 0.433. The van der Waals surface area contributed by atoms with Crippen LogP contribution in [0, 0.1) is 0 Å². The highest BCUT2D eigenvalue weighted by atomic mass is 35.5. The van der Waals surface area contributed by atoms with E-state index in [0.717, 1.165) is 16.4 Å². The van der Waals surface area contributed by atoms with Crippen molar-refractivity contribution >= 4 is 29.3 Å². The smallest absolute Gasteiger partial charge is 0.251 e. The van der Waals surface area contributed by atoms with Gasteiger partial charge in [0, 0.05) is 47.2 Å². The Morgan fingerprint density at radius 1 is 1.23 bits per heavy atom. The van der Waals surface area contributed by atoms with E-state index in [9.17, 15) is 4.79 Å². The summed E-state index contributed by atoms with van der Waals surface area (Å²) in [7, 11) is 0. The van der Waals surface area contributed by atoms with Crippen molar-refractivity contribution in [1.29, 1.82) is 0 Å². The van der Waals surface area contributed by atoms with Gasteiger partial charge in [-0.3, -0.25) is 9.36 Å². The van der Waals surface area contributed by atoms with Crippen LogP contribution >= 0.6 is 23.4 Å². The van der Waals surface area contributed by atoms with Crippen LogP contribution in [0.3, 0.4) is 0 Å². The third-order valence-corrected chi connectivity index (χ3v) is 5.25. The van der Waals surface area contributed by atoms with E-state index in [4.69, 9.17) is 16.1 Å². The van der Waals surface area contributed by atoms with Crippen molar-refractivity contribution in [2.75, 3.05) is 12.8 Å². The molecular formula is C21H18ClN5O2S. The Labute approximate surface area is 182 Å². The van der Waals surface area contributed by atoms with E-state index >= 15 is 0 Å². The molecule has 0 aliphatic rings. The monoisotopic (exact) mass is 439 g/mol. The average Bonchev–Trinajstić information content (AvgIpc) is 3.43. The highest BCUT2D eigenvalue weighted by Gasteiger charge is 2.11. The van der Waals surface area contributed by atoms with Crippen LogP contribution < -0.4 is 5.32 Å². The summed E-state index contributed by atoms with van der Waals surface area (Å²) in [6.45, 7) is 0.376. The molecule has 152 valence electrons. The molecule has 0 aliphatic heterocycles. The zero-order chi connectivity index (χ0) is 20.9. The number of aromatic nitrogens is 4. The highest BCUT2D eigenvalue weighted by Crippen LogP contribution is 2.20. The molecule has 1 N–H and O–H groups in total. The second-order valence-electron chi connectivity index (χ2n) is 6.36. The van der Waals surface area contributed by atoms with Gasteiger partial charge in [-0.1, -0.05) is 46.7 Å². The molecule has 9 heteroatoms. The van der Waals surface area contributed by atoms with E-state index in [1.807, 2.05) is 47.4 Å². The fraction of sp³-hybridized carbons (Fsp3) is 0.143. The molecule has 0 bridgehead atoms. The van der Waals surface area contributed by atoms with E-state index in [0.29, 0.717) is 35.3 Å². The van der Waals surface area contributed by atoms with Crippen LogP contribution in [0.5, 0.6) is 0 Å². The topological polar surface area (TPSA) is 85.8 Å². The maximum Gasteiger partial charge on any atom is 0.251 e. The summed E-state index contributed by atoms with van der Waals surface area (Å²) in [5, 5.41) is 8.33. The van der Waals surface area contributed by atoms with Gasteiger partial charge in [-0.15, -0.1) is 0 Å². The fourth-order valence-electron chi connectivity index (χ4n) is 2.92. The van der Waals surface area contributed by atoms with Gasteiger partial charge in [0.2, 0.25) is 11.7 Å². The summed E-state index contributed by atoms with van der Waals surface area (Å²) >= 11 is 7.54. The first kappa shape index (κ1) is 20.2. The van der Waals surface area contributed by atoms with Crippen LogP contribution in [-0.4, -0.2) is 38.4 Å². The number of rotatable bonds is 7. The third kappa shape index (κ3) is 4.55. The van der Waals surface area contributed by atoms with Crippen molar-refractivity contribution in [2.45, 2.75) is 11.6 Å². The molecule has 7 nitrogen and oxygen atoms in total. The van der Waals surface area contributed by atoms with Crippen LogP contribution in [0.1, 0.15) is 16.2 Å². The molecule has 1 amide bonds. The standard InChI is InChI=1S/C21H18ClN5O2S/c1-30-21-24-10-11-27(21)17-7-3-5-15(13-17)20(28)23-9-8-18-25-19(26-29-18)14-4-2-6-16(22)12-14/h2-7,10-13H,8-9H2,1H3,(H,23,28). The Hall–Kier alpha value is -3.10. The van der Waals surface area contributed by atoms with Gasteiger partial charge in [0.15, 0.2) is 5.16 Å². The second kappa shape index (κ2) is 9.15. The summed E-state index contributed by atoms with van der Waals surface area (Å²) in [6, 6.07) is 14.6. The lowest BCUT2D eigenvalue weighted by molar-refractivity contribution is 0.0953. The van der Waals surface area contributed by atoms with Crippen molar-refractivity contribution in [3.8, 4) is 17.1 Å². The van der Waals surface area contributed by atoms with Gasteiger partial charge >= 0.3 is 0 Å². The molecule has 0 unspecified atom stereocenters. The van der Waals surface area contributed by atoms with Crippen LogP contribution in [0.2, 0.25) is 5.02 Å². The summed E-state index contributed by atoms with van der Waals surface area (Å²) < 4.78 is 7.21. The Morgan fingerprint density at radius 3 is 2.93 bits per heavy atom. The summed E-state index contributed by atoms with van der Waals surface area (Å²) in [4.78, 5) is 21.2. The number of amides is 1. The predicted octanol–water partition coefficient (Wildman–Crippen LogP) is 4.27. The molecule has 2 aromatic heterocycles. The molecule has 4 aromatic rings. The van der Waals surface area contributed by atoms with Gasteiger partial charge in [0.1, 0.15) is 0 Å². The van der Waals surface area contributed by atoms with E-state index in [-0.39, 0.29) is 5.91 Å². The minimum absolute atomic E-state index is 0.169. The largest absolute Gasteiger partial charge is 0.352 e. The number of nitrogens with zero attached hydrogens (tertiary/aromatic N) is 4. The van der Waals surface area contributed by atoms with E-state index < -0.39 is 0 Å². The van der Waals surface area contributed by atoms with Crippen LogP contribution in [0.4, 0.5) is 0 Å². The number of thioether (sulfide) groups is 1. The van der Waals surface area contributed by atoms with Crippen LogP contribution in [-0.2, 0) is 6.42 Å². The molecule has 0 fully saturated rings. The molecule has 0 aliphatic carbocycles. The summed E-state index contributed by atoms with van der Waals surface area (Å²) in [5.41, 5.74) is 2.23. The normalized spacial score (nSPS) is 10.9. The van der Waals surface area contributed by atoms with Crippen molar-refractivity contribution < 1.29 is 9.32 Å². The molecule has 4 rings (SSSR count). The van der Waals surface area contributed by atoms with E-state index in [1.165, 1.54) is 0 Å². The first-order chi connectivity index (χ1) is 14.6. The number of carbonyl (C=O) groups excluding carboxylic acids is 1. The number of benzene rings is 2. The Balaban J connectivity index is 1.37. The molecule has 2 heterocycles. The first-order valence-electron chi connectivity index (χ1n) is 9.18. The molecule has 0 saturated carbocycles. The Bertz CT molecular complexity index is 1170. The number of nitrogens with one attached hydrogen (secondary N) is 1. The molecule has 0 saturated heterocycles. The molecule has 0 atom stereocenters. The van der Waals surface area contributed by atoms with Crippen molar-refractivity contribution in [3.05, 3.63) is 77.4 Å². The molecular weight excluding hydrogens is 422 g/mol. The van der Waals surface area contributed by atoms with Gasteiger partial charge in [0.25, 0.3) is 5.91 Å². The third-order valence-electron chi connectivity index (χ3n) is 4.35. The second-order valence-corrected chi connectivity index (χ2v) is 7.57.